The van der Waals surface area contributed by atoms with Crippen molar-refractivity contribution < 1.29 is 21.6 Å². The van der Waals surface area contributed by atoms with Gasteiger partial charge in [-0.15, -0.1) is 0 Å². The van der Waals surface area contributed by atoms with Crippen LogP contribution in [0, 0.1) is 0 Å². The number of para-hydroxylation sites is 1. The summed E-state index contributed by atoms with van der Waals surface area (Å²) in [5.74, 6) is 0.0113. The van der Waals surface area contributed by atoms with Crippen LogP contribution in [0.1, 0.15) is 32.3 Å². The fourth-order valence-corrected chi connectivity index (χ4v) is 6.13. The van der Waals surface area contributed by atoms with Gasteiger partial charge in [0.1, 0.15) is 10.6 Å². The molecular weight excluding hydrogens is 412 g/mol. The normalized spacial score (nSPS) is 16.9. The van der Waals surface area contributed by atoms with Gasteiger partial charge >= 0.3 is 0 Å². The zero-order valence-electron chi connectivity index (χ0n) is 16.8. The van der Waals surface area contributed by atoms with Crippen LogP contribution in [-0.2, 0) is 26.5 Å². The fraction of sp³-hybridized carbons (Fsp3) is 0.400. The van der Waals surface area contributed by atoms with E-state index in [9.17, 15) is 16.8 Å². The van der Waals surface area contributed by atoms with E-state index in [4.69, 9.17) is 4.74 Å². The van der Waals surface area contributed by atoms with Gasteiger partial charge in [0.25, 0.3) is 10.0 Å². The molecule has 29 heavy (non-hydrogen) atoms. The molecule has 0 fully saturated rings. The Labute approximate surface area is 172 Å². The Balaban J connectivity index is 2.09. The molecule has 0 amide bonds. The third-order valence-corrected chi connectivity index (χ3v) is 8.35. The van der Waals surface area contributed by atoms with E-state index in [1.54, 1.807) is 0 Å². The standard InChI is InChI=1S/C20H26N2O5S2/c1-4-17-12-10-15-8-6-7-9-18(15)22(17)29(25,26)20-13-11-16(14-19(20)27-3)21-28(23,24)5-2/h6-9,11,13-14,17,21H,4-5,10,12H2,1-3H3. The molecule has 2 aromatic carbocycles. The van der Waals surface area contributed by atoms with Crippen LogP contribution in [0.5, 0.6) is 5.75 Å². The van der Waals surface area contributed by atoms with E-state index in [1.807, 2.05) is 31.2 Å². The summed E-state index contributed by atoms with van der Waals surface area (Å²) in [4.78, 5) is 0.00889. The van der Waals surface area contributed by atoms with Crippen LogP contribution in [0.4, 0.5) is 11.4 Å². The molecule has 0 aromatic heterocycles. The number of benzene rings is 2. The lowest BCUT2D eigenvalue weighted by atomic mass is 9.97. The molecular formula is C20H26N2O5S2. The number of ether oxygens (including phenoxy) is 1. The van der Waals surface area contributed by atoms with Gasteiger partial charge in [-0.2, -0.15) is 0 Å². The highest BCUT2D eigenvalue weighted by Crippen LogP contribution is 2.39. The Bertz CT molecular complexity index is 1100. The highest BCUT2D eigenvalue weighted by molar-refractivity contribution is 7.93. The Morgan fingerprint density at radius 2 is 1.83 bits per heavy atom. The lowest BCUT2D eigenvalue weighted by molar-refractivity contribution is 0.402. The summed E-state index contributed by atoms with van der Waals surface area (Å²) in [6, 6.07) is 11.6. The summed E-state index contributed by atoms with van der Waals surface area (Å²) in [7, 11) is -6.03. The molecule has 0 radical (unpaired) electrons. The molecule has 3 rings (SSSR count). The quantitative estimate of drug-likeness (QED) is 0.715. The largest absolute Gasteiger partial charge is 0.495 e. The molecule has 2 aromatic rings. The van der Waals surface area contributed by atoms with E-state index < -0.39 is 20.0 Å². The number of sulfonamides is 2. The molecule has 1 aliphatic heterocycles. The molecule has 0 aliphatic carbocycles. The Hall–Kier alpha value is -2.26. The number of anilines is 2. The molecule has 0 saturated heterocycles. The second-order valence-corrected chi connectivity index (χ2v) is 10.7. The molecule has 1 atom stereocenters. The van der Waals surface area contributed by atoms with Crippen LogP contribution in [0.2, 0.25) is 0 Å². The summed E-state index contributed by atoms with van der Waals surface area (Å²) in [5, 5.41) is 0. The monoisotopic (exact) mass is 438 g/mol. The van der Waals surface area contributed by atoms with Gasteiger partial charge in [-0.25, -0.2) is 16.8 Å². The average molecular weight is 439 g/mol. The first-order valence-electron chi connectivity index (χ1n) is 9.54. The highest BCUT2D eigenvalue weighted by atomic mass is 32.2. The minimum Gasteiger partial charge on any atom is -0.495 e. The minimum atomic E-state index is -3.91. The van der Waals surface area contributed by atoms with Crippen LogP contribution < -0.4 is 13.8 Å². The predicted octanol–water partition coefficient (Wildman–Crippen LogP) is 3.38. The maximum atomic E-state index is 13.7. The summed E-state index contributed by atoms with van der Waals surface area (Å²) in [6.07, 6.45) is 2.25. The van der Waals surface area contributed by atoms with Gasteiger partial charge in [-0.1, -0.05) is 25.1 Å². The number of fused-ring (bicyclic) bond motifs is 1. The zero-order valence-corrected chi connectivity index (χ0v) is 18.4. The molecule has 158 valence electrons. The van der Waals surface area contributed by atoms with E-state index in [1.165, 1.54) is 36.5 Å². The van der Waals surface area contributed by atoms with Crippen molar-refractivity contribution in [2.45, 2.75) is 44.0 Å². The minimum absolute atomic E-state index is 0.00889. The van der Waals surface area contributed by atoms with Gasteiger partial charge in [0, 0.05) is 12.1 Å². The zero-order chi connectivity index (χ0) is 21.2. The summed E-state index contributed by atoms with van der Waals surface area (Å²) >= 11 is 0. The average Bonchev–Trinajstić information content (AvgIpc) is 2.72. The van der Waals surface area contributed by atoms with Gasteiger partial charge in [-0.05, 0) is 49.9 Å². The lowest BCUT2D eigenvalue weighted by Gasteiger charge is -2.37. The van der Waals surface area contributed by atoms with Gasteiger partial charge in [0.05, 0.1) is 24.2 Å². The SMILES string of the molecule is CCC1CCc2ccccc2N1S(=O)(=O)c1ccc(NS(=O)(=O)CC)cc1OC. The van der Waals surface area contributed by atoms with Crippen LogP contribution in [-0.4, -0.2) is 35.7 Å². The van der Waals surface area contributed by atoms with E-state index in [0.29, 0.717) is 12.1 Å². The molecule has 7 nitrogen and oxygen atoms in total. The van der Waals surface area contributed by atoms with Crippen molar-refractivity contribution in [3.05, 3.63) is 48.0 Å². The number of nitrogens with one attached hydrogen (secondary N) is 1. The van der Waals surface area contributed by atoms with Crippen LogP contribution in [0.25, 0.3) is 0 Å². The first-order valence-corrected chi connectivity index (χ1v) is 12.6. The summed E-state index contributed by atoms with van der Waals surface area (Å²) in [5.41, 5.74) is 1.93. The van der Waals surface area contributed by atoms with E-state index >= 15 is 0 Å². The number of rotatable bonds is 7. The van der Waals surface area contributed by atoms with Gasteiger partial charge in [-0.3, -0.25) is 9.03 Å². The smallest absolute Gasteiger partial charge is 0.268 e. The van der Waals surface area contributed by atoms with Crippen molar-refractivity contribution in [2.24, 2.45) is 0 Å². The van der Waals surface area contributed by atoms with E-state index in [-0.39, 0.29) is 28.1 Å². The van der Waals surface area contributed by atoms with Gasteiger partial charge in [0.2, 0.25) is 10.0 Å². The molecule has 0 spiro atoms. The Morgan fingerprint density at radius 3 is 2.48 bits per heavy atom. The first kappa shape index (κ1) is 21.4. The van der Waals surface area contributed by atoms with E-state index in [0.717, 1.165) is 18.4 Å². The maximum absolute atomic E-state index is 13.7. The fourth-order valence-electron chi connectivity index (χ4n) is 3.57. The topological polar surface area (TPSA) is 92.8 Å². The van der Waals surface area contributed by atoms with Crippen molar-refractivity contribution in [2.75, 3.05) is 21.9 Å². The van der Waals surface area contributed by atoms with E-state index in [2.05, 4.69) is 4.72 Å². The molecule has 0 saturated carbocycles. The van der Waals surface area contributed by atoms with Gasteiger partial charge < -0.3 is 4.74 Å². The first-order chi connectivity index (χ1) is 13.7. The third-order valence-electron chi connectivity index (χ3n) is 5.13. The predicted molar refractivity (Wildman–Crippen MR) is 115 cm³/mol. The molecule has 1 N–H and O–H groups in total. The molecule has 1 heterocycles. The van der Waals surface area contributed by atoms with Crippen molar-refractivity contribution >= 4 is 31.4 Å². The third kappa shape index (κ3) is 4.20. The second-order valence-electron chi connectivity index (χ2n) is 6.90. The van der Waals surface area contributed by atoms with Crippen LogP contribution in [0.3, 0.4) is 0 Å². The number of hydrogen-bond donors (Lipinski definition) is 1. The molecule has 1 unspecified atom stereocenters. The Morgan fingerprint density at radius 1 is 1.10 bits per heavy atom. The van der Waals surface area contributed by atoms with Crippen LogP contribution >= 0.6 is 0 Å². The van der Waals surface area contributed by atoms with Crippen LogP contribution in [0.15, 0.2) is 47.4 Å². The number of methoxy groups -OCH3 is 1. The molecule has 0 bridgehead atoms. The maximum Gasteiger partial charge on any atom is 0.268 e. The van der Waals surface area contributed by atoms with Crippen molar-refractivity contribution in [1.29, 1.82) is 0 Å². The van der Waals surface area contributed by atoms with Crippen molar-refractivity contribution in [1.82, 2.24) is 0 Å². The lowest BCUT2D eigenvalue weighted by Crippen LogP contribution is -2.43. The molecule has 1 aliphatic rings. The molecule has 9 heteroatoms. The second kappa shape index (κ2) is 8.23. The number of nitrogens with zero attached hydrogens (tertiary/aromatic N) is 1. The highest BCUT2D eigenvalue weighted by Gasteiger charge is 2.36. The summed E-state index contributed by atoms with van der Waals surface area (Å²) < 4.78 is 60.2. The van der Waals surface area contributed by atoms with Crippen molar-refractivity contribution in [3.8, 4) is 5.75 Å². The van der Waals surface area contributed by atoms with Crippen molar-refractivity contribution in [3.63, 3.8) is 0 Å². The Kier molecular flexibility index (Phi) is 6.09. The number of aryl methyl sites for hydroxylation is 1. The number of hydrogen-bond acceptors (Lipinski definition) is 5. The van der Waals surface area contributed by atoms with Gasteiger partial charge in [0.15, 0.2) is 0 Å². The summed E-state index contributed by atoms with van der Waals surface area (Å²) in [6.45, 7) is 3.50.